The van der Waals surface area contributed by atoms with Gasteiger partial charge in [0.25, 0.3) is 0 Å². The molecule has 0 aromatic carbocycles. The van der Waals surface area contributed by atoms with Crippen molar-refractivity contribution in [2.24, 2.45) is 7.05 Å². The van der Waals surface area contributed by atoms with Crippen LogP contribution in [0.15, 0.2) is 30.9 Å². The zero-order chi connectivity index (χ0) is 12.7. The quantitative estimate of drug-likeness (QED) is 0.635. The van der Waals surface area contributed by atoms with Crippen LogP contribution in [0.3, 0.4) is 0 Å². The van der Waals surface area contributed by atoms with Gasteiger partial charge in [0, 0.05) is 25.7 Å². The molecule has 6 heteroatoms. The maximum atomic E-state index is 11.6. The number of carbonyl (C=O) groups is 1. The van der Waals surface area contributed by atoms with Crippen molar-refractivity contribution in [1.82, 2.24) is 24.4 Å². The molecule has 0 saturated heterocycles. The highest BCUT2D eigenvalue weighted by molar-refractivity contribution is 5.99. The third-order valence-electron chi connectivity index (χ3n) is 2.72. The van der Waals surface area contributed by atoms with Crippen molar-refractivity contribution < 1.29 is 4.79 Å². The second kappa shape index (κ2) is 3.76. The van der Waals surface area contributed by atoms with Crippen LogP contribution in [0.1, 0.15) is 17.4 Å². The van der Waals surface area contributed by atoms with Crippen molar-refractivity contribution in [3.63, 3.8) is 0 Å². The lowest BCUT2D eigenvalue weighted by atomic mass is 10.2. The minimum absolute atomic E-state index is 0.0776. The second-order valence-corrected chi connectivity index (χ2v) is 4.09. The van der Waals surface area contributed by atoms with Gasteiger partial charge in [0.05, 0.1) is 29.8 Å². The van der Waals surface area contributed by atoms with Crippen molar-refractivity contribution >= 4 is 11.3 Å². The van der Waals surface area contributed by atoms with Crippen LogP contribution < -0.4 is 0 Å². The summed E-state index contributed by atoms with van der Waals surface area (Å²) in [6.07, 6.45) is 7.00. The molecular formula is C12H11N5O. The van der Waals surface area contributed by atoms with Gasteiger partial charge in [-0.05, 0) is 6.07 Å². The third-order valence-corrected chi connectivity index (χ3v) is 2.72. The van der Waals surface area contributed by atoms with Crippen molar-refractivity contribution in [2.45, 2.75) is 6.92 Å². The number of ketones is 1. The zero-order valence-electron chi connectivity index (χ0n) is 10.0. The van der Waals surface area contributed by atoms with Gasteiger partial charge < -0.3 is 0 Å². The maximum absolute atomic E-state index is 11.6. The van der Waals surface area contributed by atoms with Crippen LogP contribution in [0.25, 0.3) is 16.8 Å². The van der Waals surface area contributed by atoms with Crippen molar-refractivity contribution in [3.8, 4) is 11.3 Å². The lowest BCUT2D eigenvalue weighted by Crippen LogP contribution is -2.03. The van der Waals surface area contributed by atoms with E-state index < -0.39 is 0 Å². The molecule has 0 N–H and O–H groups in total. The maximum Gasteiger partial charge on any atom is 0.180 e. The predicted molar refractivity (Wildman–Crippen MR) is 65.2 cm³/mol. The van der Waals surface area contributed by atoms with Crippen LogP contribution in [0.2, 0.25) is 0 Å². The summed E-state index contributed by atoms with van der Waals surface area (Å²) < 4.78 is 3.35. The molecule has 0 aliphatic rings. The molecule has 3 aromatic heterocycles. The topological polar surface area (TPSA) is 65.1 Å². The largest absolute Gasteiger partial charge is 0.293 e. The number of nitrogens with zero attached hydrogens (tertiary/aromatic N) is 5. The van der Waals surface area contributed by atoms with E-state index in [2.05, 4.69) is 15.2 Å². The van der Waals surface area contributed by atoms with Gasteiger partial charge in [-0.15, -0.1) is 0 Å². The van der Waals surface area contributed by atoms with Crippen LogP contribution in [0, 0.1) is 0 Å². The first-order valence-electron chi connectivity index (χ1n) is 5.49. The zero-order valence-corrected chi connectivity index (χ0v) is 10.0. The van der Waals surface area contributed by atoms with Crippen LogP contribution >= 0.6 is 0 Å². The Hall–Kier alpha value is -2.50. The van der Waals surface area contributed by atoms with E-state index in [4.69, 9.17) is 0 Å². The minimum atomic E-state index is -0.0776. The number of rotatable bonds is 2. The molecule has 0 saturated carbocycles. The van der Waals surface area contributed by atoms with Crippen molar-refractivity contribution in [1.29, 1.82) is 0 Å². The minimum Gasteiger partial charge on any atom is -0.293 e. The van der Waals surface area contributed by atoms with Crippen molar-refractivity contribution in [2.75, 3.05) is 0 Å². The first-order valence-corrected chi connectivity index (χ1v) is 5.49. The summed E-state index contributed by atoms with van der Waals surface area (Å²) in [7, 11) is 1.84. The molecule has 3 aromatic rings. The number of Topliss-reactive ketones (excluding diaryl/α,β-unsaturated/α-hetero) is 1. The highest BCUT2D eigenvalue weighted by Crippen LogP contribution is 2.19. The molecule has 90 valence electrons. The van der Waals surface area contributed by atoms with Crippen LogP contribution in [0.4, 0.5) is 0 Å². The molecule has 0 bridgehead atoms. The molecule has 6 nitrogen and oxygen atoms in total. The normalized spacial score (nSPS) is 11.0. The fraction of sp³-hybridized carbons (Fsp3) is 0.167. The summed E-state index contributed by atoms with van der Waals surface area (Å²) in [6, 6.07) is 1.77. The Labute approximate surface area is 103 Å². The first-order chi connectivity index (χ1) is 8.65. The molecule has 0 unspecified atom stereocenters. The monoisotopic (exact) mass is 241 g/mol. The number of aryl methyl sites for hydroxylation is 1. The lowest BCUT2D eigenvalue weighted by molar-refractivity contribution is 0.101. The number of aromatic nitrogens is 5. The van der Waals surface area contributed by atoms with Crippen LogP contribution in [0.5, 0.6) is 0 Å². The Morgan fingerprint density at radius 3 is 2.78 bits per heavy atom. The van der Waals surface area contributed by atoms with Gasteiger partial charge in [-0.1, -0.05) is 0 Å². The summed E-state index contributed by atoms with van der Waals surface area (Å²) >= 11 is 0. The molecule has 0 amide bonds. The summed E-state index contributed by atoms with van der Waals surface area (Å²) in [6.45, 7) is 1.50. The van der Waals surface area contributed by atoms with E-state index in [1.807, 2.05) is 13.2 Å². The fourth-order valence-corrected chi connectivity index (χ4v) is 1.88. The molecule has 0 fully saturated rings. The number of fused-ring (bicyclic) bond motifs is 1. The Morgan fingerprint density at radius 1 is 1.28 bits per heavy atom. The summed E-state index contributed by atoms with van der Waals surface area (Å²) in [5.41, 5.74) is 2.69. The van der Waals surface area contributed by atoms with E-state index in [1.54, 1.807) is 33.9 Å². The van der Waals surface area contributed by atoms with Gasteiger partial charge in [-0.2, -0.15) is 10.2 Å². The van der Waals surface area contributed by atoms with Gasteiger partial charge in [-0.3, -0.25) is 9.48 Å². The molecule has 0 aliphatic carbocycles. The Morgan fingerprint density at radius 2 is 2.11 bits per heavy atom. The first kappa shape index (κ1) is 10.6. The van der Waals surface area contributed by atoms with Gasteiger partial charge in [-0.25, -0.2) is 9.50 Å². The number of hydrogen-bond acceptors (Lipinski definition) is 4. The third kappa shape index (κ3) is 1.58. The average Bonchev–Trinajstić information content (AvgIpc) is 2.95. The number of hydrogen-bond donors (Lipinski definition) is 0. The number of carbonyl (C=O) groups excluding carboxylic acids is 1. The van der Waals surface area contributed by atoms with Gasteiger partial charge in [0.15, 0.2) is 5.78 Å². The SMILES string of the molecule is CC(=O)c1nc(-c2cnn(C)c2)cn2nccc12. The summed E-state index contributed by atoms with van der Waals surface area (Å²) in [4.78, 5) is 16.0. The second-order valence-electron chi connectivity index (χ2n) is 4.09. The van der Waals surface area contributed by atoms with Crippen LogP contribution in [-0.4, -0.2) is 30.2 Å². The molecule has 3 rings (SSSR count). The molecule has 0 aliphatic heterocycles. The highest BCUT2D eigenvalue weighted by Gasteiger charge is 2.12. The standard InChI is InChI=1S/C12H11N5O/c1-8(18)12-11-3-4-13-17(11)7-10(15-12)9-5-14-16(2)6-9/h3-7H,1-2H3. The molecular weight excluding hydrogens is 230 g/mol. The van der Waals surface area contributed by atoms with E-state index in [-0.39, 0.29) is 5.78 Å². The molecule has 0 radical (unpaired) electrons. The van der Waals surface area contributed by atoms with E-state index in [0.717, 1.165) is 11.1 Å². The van der Waals surface area contributed by atoms with E-state index in [9.17, 15) is 4.79 Å². The summed E-state index contributed by atoms with van der Waals surface area (Å²) in [5.74, 6) is -0.0776. The highest BCUT2D eigenvalue weighted by atomic mass is 16.1. The van der Waals surface area contributed by atoms with E-state index >= 15 is 0 Å². The molecule has 0 atom stereocenters. The Balaban J connectivity index is 2.27. The molecule has 18 heavy (non-hydrogen) atoms. The molecule has 3 heterocycles. The van der Waals surface area contributed by atoms with Crippen LogP contribution in [-0.2, 0) is 7.05 Å². The lowest BCUT2D eigenvalue weighted by Gasteiger charge is -2.03. The Bertz CT molecular complexity index is 740. The predicted octanol–water partition coefficient (Wildman–Crippen LogP) is 1.33. The van der Waals surface area contributed by atoms with Gasteiger partial charge in [0.1, 0.15) is 5.69 Å². The summed E-state index contributed by atoms with van der Waals surface area (Å²) in [5, 5.41) is 8.25. The smallest absolute Gasteiger partial charge is 0.180 e. The van der Waals surface area contributed by atoms with Crippen molar-refractivity contribution in [3.05, 3.63) is 36.5 Å². The fourth-order valence-electron chi connectivity index (χ4n) is 1.88. The average molecular weight is 241 g/mol. The van der Waals surface area contributed by atoms with E-state index in [1.165, 1.54) is 6.92 Å². The Kier molecular flexibility index (Phi) is 2.22. The van der Waals surface area contributed by atoms with E-state index in [0.29, 0.717) is 11.4 Å². The molecule has 0 spiro atoms. The van der Waals surface area contributed by atoms with Gasteiger partial charge >= 0.3 is 0 Å². The van der Waals surface area contributed by atoms with Gasteiger partial charge in [0.2, 0.25) is 0 Å².